The van der Waals surface area contributed by atoms with Gasteiger partial charge >= 0.3 is 5.97 Å². The average molecular weight is 491 g/mol. The fraction of sp³-hybridized carbons (Fsp3) is 0.536. The number of hydrogen-bond donors (Lipinski definition) is 1. The number of carbonyl (C=O) groups excluding carboxylic acids is 1. The number of hydrogen-bond acceptors (Lipinski definition) is 4. The van der Waals surface area contributed by atoms with Gasteiger partial charge in [-0.15, -0.1) is 0 Å². The lowest BCUT2D eigenvalue weighted by Gasteiger charge is -2.30. The van der Waals surface area contributed by atoms with Crippen molar-refractivity contribution in [2.75, 3.05) is 6.61 Å². The van der Waals surface area contributed by atoms with Crippen molar-refractivity contribution >= 4 is 5.97 Å². The van der Waals surface area contributed by atoms with E-state index < -0.39 is 23.4 Å². The molecule has 2 aliphatic carbocycles. The van der Waals surface area contributed by atoms with Crippen molar-refractivity contribution in [2.24, 2.45) is 0 Å². The summed E-state index contributed by atoms with van der Waals surface area (Å²) in [6, 6.07) is 7.61. The van der Waals surface area contributed by atoms with Crippen molar-refractivity contribution in [3.05, 3.63) is 70.0 Å². The Hall–Kier alpha value is -2.38. The molecule has 0 bridgehead atoms. The SMILES string of the molecule is CCOCc1ccc(C(=O)OC2CCC(c3ccc(C4CCC(O)CC4)c(F)c3F)CC2)cc1F. The highest BCUT2D eigenvalue weighted by Gasteiger charge is 2.30. The minimum Gasteiger partial charge on any atom is -0.459 e. The predicted molar refractivity (Wildman–Crippen MR) is 126 cm³/mol. The number of aliphatic hydroxyl groups is 1. The Morgan fingerprint density at radius 3 is 2.00 bits per heavy atom. The van der Waals surface area contributed by atoms with Crippen molar-refractivity contribution in [2.45, 2.75) is 88.9 Å². The number of halogens is 3. The van der Waals surface area contributed by atoms with Gasteiger partial charge in [-0.25, -0.2) is 18.0 Å². The van der Waals surface area contributed by atoms with Crippen molar-refractivity contribution in [1.82, 2.24) is 0 Å². The molecule has 4 nitrogen and oxygen atoms in total. The van der Waals surface area contributed by atoms with Gasteiger partial charge in [0.2, 0.25) is 0 Å². The molecular weight excluding hydrogens is 457 g/mol. The molecule has 0 heterocycles. The molecule has 0 aromatic heterocycles. The summed E-state index contributed by atoms with van der Waals surface area (Å²) >= 11 is 0. The van der Waals surface area contributed by atoms with E-state index in [4.69, 9.17) is 9.47 Å². The molecule has 0 atom stereocenters. The second kappa shape index (κ2) is 11.6. The summed E-state index contributed by atoms with van der Waals surface area (Å²) < 4.78 is 54.9. The molecule has 2 aliphatic rings. The zero-order chi connectivity index (χ0) is 24.9. The second-order valence-corrected chi connectivity index (χ2v) is 9.70. The maximum absolute atomic E-state index is 15.0. The summed E-state index contributed by atoms with van der Waals surface area (Å²) in [7, 11) is 0. The summed E-state index contributed by atoms with van der Waals surface area (Å²) in [5.41, 5.74) is 1.30. The van der Waals surface area contributed by atoms with E-state index in [1.165, 1.54) is 12.1 Å². The van der Waals surface area contributed by atoms with Crippen LogP contribution in [0.2, 0.25) is 0 Å². The van der Waals surface area contributed by atoms with E-state index in [2.05, 4.69) is 0 Å². The molecule has 0 amide bonds. The third-order valence-electron chi connectivity index (χ3n) is 7.42. The summed E-state index contributed by atoms with van der Waals surface area (Å²) in [6.45, 7) is 2.43. The molecule has 0 saturated heterocycles. The van der Waals surface area contributed by atoms with E-state index in [9.17, 15) is 18.7 Å². The highest BCUT2D eigenvalue weighted by Crippen LogP contribution is 2.40. The molecule has 2 fully saturated rings. The van der Waals surface area contributed by atoms with E-state index in [1.54, 1.807) is 12.1 Å². The highest BCUT2D eigenvalue weighted by atomic mass is 19.2. The molecular formula is C28H33F3O4. The van der Waals surface area contributed by atoms with Crippen LogP contribution in [-0.2, 0) is 16.1 Å². The first-order valence-corrected chi connectivity index (χ1v) is 12.6. The van der Waals surface area contributed by atoms with Gasteiger partial charge in [0.25, 0.3) is 0 Å². The Morgan fingerprint density at radius 1 is 0.886 bits per heavy atom. The molecule has 0 spiro atoms. The molecule has 1 N–H and O–H groups in total. The van der Waals surface area contributed by atoms with Crippen LogP contribution in [0.1, 0.15) is 97.2 Å². The molecule has 2 aromatic rings. The van der Waals surface area contributed by atoms with Gasteiger partial charge in [0.1, 0.15) is 11.9 Å². The van der Waals surface area contributed by atoms with Gasteiger partial charge in [-0.2, -0.15) is 0 Å². The lowest BCUT2D eigenvalue weighted by atomic mass is 9.79. The summed E-state index contributed by atoms with van der Waals surface area (Å²) in [5, 5.41) is 9.68. The van der Waals surface area contributed by atoms with Gasteiger partial charge in [-0.1, -0.05) is 18.2 Å². The van der Waals surface area contributed by atoms with E-state index in [1.807, 2.05) is 6.92 Å². The zero-order valence-corrected chi connectivity index (χ0v) is 20.1. The summed E-state index contributed by atoms with van der Waals surface area (Å²) in [6.07, 6.45) is 4.07. The van der Waals surface area contributed by atoms with Gasteiger partial charge in [-0.05, 0) is 93.4 Å². The Bertz CT molecular complexity index is 1030. The van der Waals surface area contributed by atoms with Gasteiger partial charge in [-0.3, -0.25) is 0 Å². The fourth-order valence-electron chi connectivity index (χ4n) is 5.31. The number of rotatable bonds is 7. The van der Waals surface area contributed by atoms with Gasteiger partial charge in [0.05, 0.1) is 18.3 Å². The molecule has 35 heavy (non-hydrogen) atoms. The molecule has 4 rings (SSSR count). The highest BCUT2D eigenvalue weighted by molar-refractivity contribution is 5.89. The van der Waals surface area contributed by atoms with Crippen LogP contribution in [0.5, 0.6) is 0 Å². The minimum absolute atomic E-state index is 0.0600. The molecule has 0 aliphatic heterocycles. The standard InChI is InChI=1S/C28H33F3O4/c1-2-34-16-20-4-3-19(15-25(20)29)28(33)35-22-11-7-18(8-12-22)24-14-13-23(26(30)27(24)31)17-5-9-21(32)10-6-17/h3-4,13-15,17-18,21-22,32H,2,5-12,16H2,1H3. The maximum Gasteiger partial charge on any atom is 0.338 e. The van der Waals surface area contributed by atoms with Crippen LogP contribution in [0, 0.1) is 17.5 Å². The smallest absolute Gasteiger partial charge is 0.338 e. The van der Waals surface area contributed by atoms with Gasteiger partial charge in [0.15, 0.2) is 11.6 Å². The first-order chi connectivity index (χ1) is 16.9. The number of benzene rings is 2. The van der Waals surface area contributed by atoms with Crippen LogP contribution in [0.4, 0.5) is 13.2 Å². The minimum atomic E-state index is -0.781. The average Bonchev–Trinajstić information content (AvgIpc) is 2.86. The van der Waals surface area contributed by atoms with Crippen LogP contribution in [0.25, 0.3) is 0 Å². The van der Waals surface area contributed by atoms with E-state index in [-0.39, 0.29) is 36.2 Å². The first-order valence-electron chi connectivity index (χ1n) is 12.6. The third kappa shape index (κ3) is 6.07. The lowest BCUT2D eigenvalue weighted by Crippen LogP contribution is -2.24. The largest absolute Gasteiger partial charge is 0.459 e. The van der Waals surface area contributed by atoms with Crippen molar-refractivity contribution in [3.8, 4) is 0 Å². The van der Waals surface area contributed by atoms with Crippen molar-refractivity contribution < 1.29 is 32.5 Å². The van der Waals surface area contributed by atoms with Crippen LogP contribution in [0.15, 0.2) is 30.3 Å². The molecule has 2 aromatic carbocycles. The Labute approximate surface area is 204 Å². The Balaban J connectivity index is 1.33. The third-order valence-corrected chi connectivity index (χ3v) is 7.42. The molecule has 190 valence electrons. The number of carbonyl (C=O) groups is 1. The molecule has 7 heteroatoms. The second-order valence-electron chi connectivity index (χ2n) is 9.70. The summed E-state index contributed by atoms with van der Waals surface area (Å²) in [4.78, 5) is 12.5. The van der Waals surface area contributed by atoms with Crippen LogP contribution >= 0.6 is 0 Å². The Morgan fingerprint density at radius 2 is 1.46 bits per heavy atom. The quantitative estimate of drug-likeness (QED) is 0.448. The van der Waals surface area contributed by atoms with Crippen LogP contribution in [0.3, 0.4) is 0 Å². The Kier molecular flexibility index (Phi) is 8.50. The van der Waals surface area contributed by atoms with Gasteiger partial charge in [0, 0.05) is 12.2 Å². The van der Waals surface area contributed by atoms with Gasteiger partial charge < -0.3 is 14.6 Å². The van der Waals surface area contributed by atoms with E-state index in [0.717, 1.165) is 6.07 Å². The predicted octanol–water partition coefficient (Wildman–Crippen LogP) is 6.54. The number of aliphatic hydroxyl groups excluding tert-OH is 1. The topological polar surface area (TPSA) is 55.8 Å². The lowest BCUT2D eigenvalue weighted by molar-refractivity contribution is 0.0193. The monoisotopic (exact) mass is 490 g/mol. The van der Waals surface area contributed by atoms with E-state index in [0.29, 0.717) is 74.7 Å². The summed E-state index contributed by atoms with van der Waals surface area (Å²) in [5.74, 6) is -2.85. The molecule has 2 saturated carbocycles. The maximum atomic E-state index is 15.0. The van der Waals surface area contributed by atoms with Crippen molar-refractivity contribution in [1.29, 1.82) is 0 Å². The van der Waals surface area contributed by atoms with Crippen molar-refractivity contribution in [3.63, 3.8) is 0 Å². The van der Waals surface area contributed by atoms with Crippen LogP contribution in [-0.4, -0.2) is 29.9 Å². The molecule has 0 unspecified atom stereocenters. The number of ether oxygens (including phenoxy) is 2. The number of esters is 1. The van der Waals surface area contributed by atoms with Crippen LogP contribution < -0.4 is 0 Å². The van der Waals surface area contributed by atoms with E-state index >= 15 is 4.39 Å². The molecule has 0 radical (unpaired) electrons. The first kappa shape index (κ1) is 25.7. The zero-order valence-electron chi connectivity index (χ0n) is 20.1. The fourth-order valence-corrected chi connectivity index (χ4v) is 5.31. The normalized spacial score (nSPS) is 24.8.